The predicted octanol–water partition coefficient (Wildman–Crippen LogP) is 2.93. The van der Waals surface area contributed by atoms with Crippen LogP contribution >= 0.6 is 15.9 Å². The van der Waals surface area contributed by atoms with Crippen molar-refractivity contribution < 1.29 is 9.53 Å². The van der Waals surface area contributed by atoms with Crippen LogP contribution in [0.2, 0.25) is 0 Å². The van der Waals surface area contributed by atoms with Gasteiger partial charge in [-0.05, 0) is 37.3 Å². The molecule has 0 aliphatic rings. The van der Waals surface area contributed by atoms with E-state index in [0.717, 1.165) is 26.4 Å². The molecule has 0 spiro atoms. The quantitative estimate of drug-likeness (QED) is 0.510. The predicted molar refractivity (Wildman–Crippen MR) is 115 cm³/mol. The number of aromatic nitrogens is 4. The van der Waals surface area contributed by atoms with Crippen molar-refractivity contribution in [1.29, 1.82) is 0 Å². The van der Waals surface area contributed by atoms with E-state index in [4.69, 9.17) is 4.74 Å². The molecule has 1 N–H and O–H groups in total. The number of imidazole rings is 1. The molecule has 0 aliphatic carbocycles. The second-order valence-electron chi connectivity index (χ2n) is 6.61. The Hall–Kier alpha value is -3.04. The maximum atomic E-state index is 13.1. The number of carbonyl (C=O) groups is 1. The van der Waals surface area contributed by atoms with Crippen molar-refractivity contribution in [3.05, 3.63) is 57.2 Å². The van der Waals surface area contributed by atoms with Crippen molar-refractivity contribution >= 4 is 49.6 Å². The molecule has 4 rings (SSSR count). The lowest BCUT2D eigenvalue weighted by atomic mass is 10.2. The van der Waals surface area contributed by atoms with Gasteiger partial charge in [-0.2, -0.15) is 0 Å². The highest BCUT2D eigenvalue weighted by Crippen LogP contribution is 2.28. The number of fused-ring (bicyclic) bond motifs is 3. The highest BCUT2D eigenvalue weighted by molar-refractivity contribution is 9.10. The molecule has 3 heterocycles. The lowest BCUT2D eigenvalue weighted by Gasteiger charge is -2.11. The Kier molecular flexibility index (Phi) is 4.93. The summed E-state index contributed by atoms with van der Waals surface area (Å²) >= 11 is 3.50. The Morgan fingerprint density at radius 3 is 2.79 bits per heavy atom. The van der Waals surface area contributed by atoms with Crippen LogP contribution in [-0.4, -0.2) is 38.7 Å². The highest BCUT2D eigenvalue weighted by atomic mass is 79.9. The van der Waals surface area contributed by atoms with E-state index in [1.165, 1.54) is 7.11 Å². The van der Waals surface area contributed by atoms with Crippen LogP contribution in [0.1, 0.15) is 5.69 Å². The molecule has 0 fully saturated rings. The van der Waals surface area contributed by atoms with E-state index in [1.54, 1.807) is 41.4 Å². The number of pyridine rings is 2. The number of amides is 1. The van der Waals surface area contributed by atoms with Crippen LogP contribution < -0.4 is 11.0 Å². The smallest absolute Gasteiger partial charge is 0.333 e. The third-order valence-electron chi connectivity index (χ3n) is 4.69. The molecule has 29 heavy (non-hydrogen) atoms. The molecule has 0 bridgehead atoms. The van der Waals surface area contributed by atoms with E-state index < -0.39 is 0 Å². The van der Waals surface area contributed by atoms with Gasteiger partial charge in [0.1, 0.15) is 12.4 Å². The molecule has 4 aromatic rings. The van der Waals surface area contributed by atoms with Gasteiger partial charge < -0.3 is 10.1 Å². The maximum Gasteiger partial charge on any atom is 0.333 e. The molecule has 1 aromatic carbocycles. The van der Waals surface area contributed by atoms with E-state index in [2.05, 4.69) is 31.2 Å². The first-order valence-electron chi connectivity index (χ1n) is 8.83. The van der Waals surface area contributed by atoms with Gasteiger partial charge in [-0.1, -0.05) is 15.9 Å². The van der Waals surface area contributed by atoms with E-state index in [1.807, 2.05) is 18.2 Å². The summed E-state index contributed by atoms with van der Waals surface area (Å²) in [7, 11) is 3.17. The minimum absolute atomic E-state index is 0.0564. The number of nitrogens with zero attached hydrogens (tertiary/aromatic N) is 4. The summed E-state index contributed by atoms with van der Waals surface area (Å²) in [4.78, 5) is 33.8. The Labute approximate surface area is 174 Å². The number of halogens is 1. The molecular formula is C20H18BrN5O3. The molecule has 0 atom stereocenters. The first-order valence-corrected chi connectivity index (χ1v) is 9.62. The average molecular weight is 456 g/mol. The van der Waals surface area contributed by atoms with Crippen molar-refractivity contribution in [2.24, 2.45) is 7.05 Å². The fourth-order valence-electron chi connectivity index (χ4n) is 3.36. The van der Waals surface area contributed by atoms with Gasteiger partial charge in [-0.25, -0.2) is 9.78 Å². The first kappa shape index (κ1) is 19.3. The van der Waals surface area contributed by atoms with Gasteiger partial charge in [0.05, 0.1) is 34.1 Å². The molecule has 0 radical (unpaired) electrons. The van der Waals surface area contributed by atoms with Gasteiger partial charge in [-0.15, -0.1) is 0 Å². The Morgan fingerprint density at radius 2 is 2.07 bits per heavy atom. The number of benzene rings is 1. The minimum atomic E-state index is -0.295. The third-order valence-corrected chi connectivity index (χ3v) is 5.18. The van der Waals surface area contributed by atoms with Gasteiger partial charge in [0.15, 0.2) is 0 Å². The van der Waals surface area contributed by atoms with Crippen molar-refractivity contribution in [1.82, 2.24) is 19.1 Å². The van der Waals surface area contributed by atoms with E-state index in [9.17, 15) is 9.59 Å². The number of hydrogen-bond acceptors (Lipinski definition) is 5. The molecule has 1 amide bonds. The second kappa shape index (κ2) is 7.41. The zero-order chi connectivity index (χ0) is 20.7. The molecular weight excluding hydrogens is 438 g/mol. The Balaban J connectivity index is 1.94. The number of ether oxygens (including phenoxy) is 1. The Bertz CT molecular complexity index is 1330. The average Bonchev–Trinajstić information content (AvgIpc) is 2.93. The summed E-state index contributed by atoms with van der Waals surface area (Å²) in [6.07, 6.45) is 1.70. The first-order chi connectivity index (χ1) is 13.9. The fourth-order valence-corrected chi connectivity index (χ4v) is 3.72. The fraction of sp³-hybridized carbons (Fsp3) is 0.200. The van der Waals surface area contributed by atoms with Gasteiger partial charge in [0, 0.05) is 24.0 Å². The standard InChI is InChI=1S/C20H18BrN5O3/c1-11-15(6-7-17(23-11)24-18(27)10-29-3)26-19-13-8-12(21)4-5-14(13)22-9-16(19)25(2)20(26)28/h4-9H,10H2,1-3H3,(H,23,24,27). The van der Waals surface area contributed by atoms with E-state index in [0.29, 0.717) is 17.2 Å². The second-order valence-corrected chi connectivity index (χ2v) is 7.53. The van der Waals surface area contributed by atoms with Crippen molar-refractivity contribution in [3.8, 4) is 5.69 Å². The lowest BCUT2D eigenvalue weighted by Crippen LogP contribution is -2.22. The van der Waals surface area contributed by atoms with Gasteiger partial charge in [-0.3, -0.25) is 18.9 Å². The number of hydrogen-bond donors (Lipinski definition) is 1. The van der Waals surface area contributed by atoms with Crippen LogP contribution in [0.3, 0.4) is 0 Å². The number of aryl methyl sites for hydroxylation is 2. The monoisotopic (exact) mass is 455 g/mol. The van der Waals surface area contributed by atoms with Gasteiger partial charge >= 0.3 is 5.69 Å². The number of rotatable bonds is 4. The van der Waals surface area contributed by atoms with Crippen LogP contribution in [0.4, 0.5) is 5.82 Å². The number of carbonyl (C=O) groups excluding carboxylic acids is 1. The molecule has 9 heteroatoms. The zero-order valence-electron chi connectivity index (χ0n) is 16.1. The molecule has 148 valence electrons. The van der Waals surface area contributed by atoms with E-state index >= 15 is 0 Å². The zero-order valence-corrected chi connectivity index (χ0v) is 17.6. The molecule has 0 unspecified atom stereocenters. The van der Waals surface area contributed by atoms with Crippen LogP contribution in [0, 0.1) is 6.92 Å². The van der Waals surface area contributed by atoms with Gasteiger partial charge in [0.2, 0.25) is 0 Å². The molecule has 8 nitrogen and oxygen atoms in total. The number of anilines is 1. The molecule has 0 saturated carbocycles. The summed E-state index contributed by atoms with van der Waals surface area (Å²) < 4.78 is 8.91. The summed E-state index contributed by atoms with van der Waals surface area (Å²) in [6, 6.07) is 9.20. The molecule has 3 aromatic heterocycles. The molecule has 0 saturated heterocycles. The summed E-state index contributed by atoms with van der Waals surface area (Å²) in [5, 5.41) is 3.53. The number of nitrogens with one attached hydrogen (secondary N) is 1. The van der Waals surface area contributed by atoms with Crippen LogP contribution in [-0.2, 0) is 16.6 Å². The number of methoxy groups -OCH3 is 1. The highest BCUT2D eigenvalue weighted by Gasteiger charge is 2.18. The topological polar surface area (TPSA) is 91.0 Å². The van der Waals surface area contributed by atoms with Crippen molar-refractivity contribution in [3.63, 3.8) is 0 Å². The summed E-state index contributed by atoms with van der Waals surface area (Å²) in [5.74, 6) is 0.104. The lowest BCUT2D eigenvalue weighted by molar-refractivity contribution is -0.119. The molecule has 0 aliphatic heterocycles. The van der Waals surface area contributed by atoms with Crippen LogP contribution in [0.25, 0.3) is 27.6 Å². The van der Waals surface area contributed by atoms with Crippen LogP contribution in [0.15, 0.2) is 45.8 Å². The maximum absolute atomic E-state index is 13.1. The van der Waals surface area contributed by atoms with Crippen LogP contribution in [0.5, 0.6) is 0 Å². The Morgan fingerprint density at radius 1 is 1.28 bits per heavy atom. The van der Waals surface area contributed by atoms with Crippen molar-refractivity contribution in [2.75, 3.05) is 19.0 Å². The summed E-state index contributed by atoms with van der Waals surface area (Å²) in [5.41, 5.74) is 3.30. The van der Waals surface area contributed by atoms with Crippen molar-refractivity contribution in [2.45, 2.75) is 6.92 Å². The SMILES string of the molecule is COCC(=O)Nc1ccc(-n2c(=O)n(C)c3cnc4ccc(Br)cc4c32)c(C)n1. The summed E-state index contributed by atoms with van der Waals surface area (Å²) in [6.45, 7) is 1.74. The minimum Gasteiger partial charge on any atom is -0.375 e. The normalized spacial score (nSPS) is 11.3. The largest absolute Gasteiger partial charge is 0.375 e. The third kappa shape index (κ3) is 3.32. The van der Waals surface area contributed by atoms with Gasteiger partial charge in [0.25, 0.3) is 5.91 Å². The van der Waals surface area contributed by atoms with E-state index in [-0.39, 0.29) is 18.2 Å².